The van der Waals surface area contributed by atoms with E-state index in [1.165, 1.54) is 21.8 Å². The Balaban J connectivity index is 1.19. The molecule has 0 unspecified atom stereocenters. The topological polar surface area (TPSA) is 43.4 Å². The maximum Gasteiger partial charge on any atom is 0.525 e. The molecule has 0 bridgehead atoms. The van der Waals surface area contributed by atoms with Crippen LogP contribution in [0.3, 0.4) is 0 Å². The summed E-state index contributed by atoms with van der Waals surface area (Å²) in [6.45, 7) is 0. The zero-order chi connectivity index (χ0) is 26.7. The lowest BCUT2D eigenvalue weighted by molar-refractivity contribution is 0.603. The number of rotatable bonds is 1. The summed E-state index contributed by atoms with van der Waals surface area (Å²) in [4.78, 5) is 6.99. The lowest BCUT2D eigenvalue weighted by Crippen LogP contribution is -2.50. The Morgan fingerprint density at radius 2 is 1.37 bits per heavy atom. The molecule has 5 nitrogen and oxygen atoms in total. The van der Waals surface area contributed by atoms with Crippen LogP contribution in [0.4, 0.5) is 11.4 Å². The third-order valence-electron chi connectivity index (χ3n) is 8.63. The fourth-order valence-electron chi connectivity index (χ4n) is 6.89. The molecule has 5 heterocycles. The minimum Gasteiger partial charge on any atom is -0.536 e. The third-order valence-corrected chi connectivity index (χ3v) is 8.63. The second-order valence-corrected chi connectivity index (χ2v) is 10.8. The predicted octanol–water partition coefficient (Wildman–Crippen LogP) is 7.98. The minimum absolute atomic E-state index is 0.246. The lowest BCUT2D eigenvalue weighted by atomic mass is 9.66. The molecular formula is C35H20BN3O2. The predicted molar refractivity (Wildman–Crippen MR) is 166 cm³/mol. The number of pyridine rings is 1. The highest BCUT2D eigenvalue weighted by atomic mass is 16.5. The van der Waals surface area contributed by atoms with Gasteiger partial charge < -0.3 is 18.4 Å². The highest BCUT2D eigenvalue weighted by Gasteiger charge is 2.45. The first-order valence-corrected chi connectivity index (χ1v) is 13.8. The SMILES string of the molecule is c1ccc2c(c1)B1Oc3cc4c(cc3N1c1cccnc1-2)oc1ccc(-n2c3ccccc3c3ccccc32)cc14. The van der Waals surface area contributed by atoms with Gasteiger partial charge in [-0.05, 0) is 54.0 Å². The zero-order valence-corrected chi connectivity index (χ0v) is 21.8. The van der Waals surface area contributed by atoms with Crippen LogP contribution in [0.2, 0.25) is 0 Å². The summed E-state index contributed by atoms with van der Waals surface area (Å²) in [6.07, 6.45) is 1.85. The second kappa shape index (κ2) is 7.58. The van der Waals surface area contributed by atoms with Crippen molar-refractivity contribution in [2.24, 2.45) is 0 Å². The third kappa shape index (κ3) is 2.73. The van der Waals surface area contributed by atoms with Crippen LogP contribution in [-0.2, 0) is 0 Å². The summed E-state index contributed by atoms with van der Waals surface area (Å²) in [5.74, 6) is 0.846. The number of hydrogen-bond donors (Lipinski definition) is 0. The monoisotopic (exact) mass is 525 g/mol. The van der Waals surface area contributed by atoms with Crippen molar-refractivity contribution in [2.45, 2.75) is 0 Å². The highest BCUT2D eigenvalue weighted by Crippen LogP contribution is 2.49. The van der Waals surface area contributed by atoms with Crippen molar-refractivity contribution in [2.75, 3.05) is 4.81 Å². The maximum absolute atomic E-state index is 6.69. The van der Waals surface area contributed by atoms with E-state index in [4.69, 9.17) is 14.1 Å². The van der Waals surface area contributed by atoms with Gasteiger partial charge >= 0.3 is 7.05 Å². The van der Waals surface area contributed by atoms with Gasteiger partial charge in [0.1, 0.15) is 16.9 Å². The fourth-order valence-corrected chi connectivity index (χ4v) is 6.89. The number of anilines is 2. The molecule has 5 aromatic carbocycles. The van der Waals surface area contributed by atoms with Crippen molar-refractivity contribution in [3.8, 4) is 22.7 Å². The molecule has 2 aliphatic rings. The Kier molecular flexibility index (Phi) is 3.95. The largest absolute Gasteiger partial charge is 0.536 e. The standard InChI is InChI=1S/C35H20BN3O2/c1-4-11-27-24(10-1)35-30(14-7-17-37-35)39-31-20-33-26(19-34(31)41-36(27)39)25-18-21(15-16-32(25)40-33)38-28-12-5-2-8-22(28)23-9-3-6-13-29(23)38/h1-20H. The molecule has 2 aliphatic heterocycles. The van der Waals surface area contributed by atoms with Crippen LogP contribution in [0.15, 0.2) is 126 Å². The Bertz CT molecular complexity index is 2330. The van der Waals surface area contributed by atoms with E-state index in [1.54, 1.807) is 0 Å². The number of fused-ring (bicyclic) bond motifs is 14. The number of para-hydroxylation sites is 2. The van der Waals surface area contributed by atoms with E-state index in [0.29, 0.717) is 0 Å². The summed E-state index contributed by atoms with van der Waals surface area (Å²) < 4.78 is 15.5. The van der Waals surface area contributed by atoms with Crippen molar-refractivity contribution < 1.29 is 9.07 Å². The van der Waals surface area contributed by atoms with Crippen molar-refractivity contribution >= 4 is 67.6 Å². The van der Waals surface area contributed by atoms with E-state index in [2.05, 4.69) is 119 Å². The van der Waals surface area contributed by atoms with Crippen molar-refractivity contribution in [3.05, 3.63) is 121 Å². The zero-order valence-electron chi connectivity index (χ0n) is 21.8. The van der Waals surface area contributed by atoms with Crippen molar-refractivity contribution in [1.29, 1.82) is 0 Å². The Labute approximate surface area is 235 Å². The second-order valence-electron chi connectivity index (χ2n) is 10.8. The van der Waals surface area contributed by atoms with Crippen molar-refractivity contribution in [1.82, 2.24) is 9.55 Å². The van der Waals surface area contributed by atoms with Crippen LogP contribution in [0.25, 0.3) is 60.7 Å². The summed E-state index contributed by atoms with van der Waals surface area (Å²) in [6, 6.07) is 40.4. The van der Waals surface area contributed by atoms with Crippen molar-refractivity contribution in [3.63, 3.8) is 0 Å². The molecule has 10 rings (SSSR count). The van der Waals surface area contributed by atoms with Crippen LogP contribution < -0.4 is 14.9 Å². The van der Waals surface area contributed by atoms with Gasteiger partial charge in [-0.25, -0.2) is 0 Å². The molecule has 0 N–H and O–H groups in total. The molecule has 0 radical (unpaired) electrons. The average Bonchev–Trinajstić information content (AvgIpc) is 3.69. The van der Waals surface area contributed by atoms with E-state index in [1.807, 2.05) is 12.3 Å². The van der Waals surface area contributed by atoms with Crippen LogP contribution in [-0.4, -0.2) is 16.6 Å². The van der Waals surface area contributed by atoms with Gasteiger partial charge in [-0.1, -0.05) is 60.7 Å². The average molecular weight is 525 g/mol. The molecule has 0 spiro atoms. The molecule has 0 fully saturated rings. The molecule has 41 heavy (non-hydrogen) atoms. The molecule has 0 atom stereocenters. The Hall–Kier alpha value is -5.49. The molecular weight excluding hydrogens is 505 g/mol. The van der Waals surface area contributed by atoms with Gasteiger partial charge in [-0.3, -0.25) is 4.98 Å². The van der Waals surface area contributed by atoms with E-state index in [0.717, 1.165) is 61.5 Å². The van der Waals surface area contributed by atoms with Gasteiger partial charge in [0.2, 0.25) is 0 Å². The Morgan fingerprint density at radius 3 is 2.22 bits per heavy atom. The summed E-state index contributed by atoms with van der Waals surface area (Å²) in [7, 11) is -0.246. The number of aromatic nitrogens is 2. The number of benzene rings is 5. The molecule has 8 aromatic rings. The van der Waals surface area contributed by atoms with Gasteiger partial charge in [-0.15, -0.1) is 0 Å². The van der Waals surface area contributed by atoms with Gasteiger partial charge in [0.15, 0.2) is 0 Å². The molecule has 0 amide bonds. The van der Waals surface area contributed by atoms with Crippen LogP contribution in [0, 0.1) is 0 Å². The molecule has 0 aliphatic carbocycles. The molecule has 0 saturated heterocycles. The summed E-state index contributed by atoms with van der Waals surface area (Å²) >= 11 is 0. The Morgan fingerprint density at radius 1 is 0.610 bits per heavy atom. The fraction of sp³-hybridized carbons (Fsp3) is 0. The summed E-state index contributed by atoms with van der Waals surface area (Å²) in [5, 5.41) is 4.61. The van der Waals surface area contributed by atoms with E-state index in [-0.39, 0.29) is 7.05 Å². The van der Waals surface area contributed by atoms with Gasteiger partial charge in [0.25, 0.3) is 0 Å². The molecule has 190 valence electrons. The molecule has 0 saturated carbocycles. The van der Waals surface area contributed by atoms with Gasteiger partial charge in [-0.2, -0.15) is 0 Å². The van der Waals surface area contributed by atoms with Crippen LogP contribution in [0.1, 0.15) is 0 Å². The van der Waals surface area contributed by atoms with Crippen LogP contribution in [0.5, 0.6) is 5.75 Å². The highest BCUT2D eigenvalue weighted by molar-refractivity contribution is 6.77. The molecule has 3 aromatic heterocycles. The first-order chi connectivity index (χ1) is 20.3. The van der Waals surface area contributed by atoms with E-state index in [9.17, 15) is 0 Å². The van der Waals surface area contributed by atoms with Crippen LogP contribution >= 0.6 is 0 Å². The lowest BCUT2D eigenvalue weighted by Gasteiger charge is -2.30. The van der Waals surface area contributed by atoms with Gasteiger partial charge in [0, 0.05) is 45.1 Å². The first kappa shape index (κ1) is 21.4. The quantitative estimate of drug-likeness (QED) is 0.204. The maximum atomic E-state index is 6.69. The normalized spacial score (nSPS) is 13.5. The number of hydrogen-bond acceptors (Lipinski definition) is 4. The smallest absolute Gasteiger partial charge is 0.525 e. The first-order valence-electron chi connectivity index (χ1n) is 13.8. The van der Waals surface area contributed by atoms with E-state index >= 15 is 0 Å². The number of nitrogens with zero attached hydrogens (tertiary/aromatic N) is 3. The van der Waals surface area contributed by atoms with E-state index < -0.39 is 0 Å². The number of furan rings is 1. The molecule has 6 heteroatoms. The minimum atomic E-state index is -0.246. The van der Waals surface area contributed by atoms with Gasteiger partial charge in [0.05, 0.1) is 28.1 Å². The summed E-state index contributed by atoms with van der Waals surface area (Å²) in [5.41, 5.74) is 10.4.